The van der Waals surface area contributed by atoms with Crippen molar-refractivity contribution in [2.75, 3.05) is 31.6 Å². The Hall–Kier alpha value is -2.76. The minimum absolute atomic E-state index is 0. The Bertz CT molecular complexity index is 1070. The fourth-order valence-corrected chi connectivity index (χ4v) is 3.72. The number of nitrogens with one attached hydrogen (secondary N) is 2. The van der Waals surface area contributed by atoms with Gasteiger partial charge in [-0.2, -0.15) is 0 Å². The fraction of sp³-hybridized carbons (Fsp3) is 0.304. The Kier molecular flexibility index (Phi) is 8.59. The molecule has 1 atom stereocenters. The first-order valence-corrected chi connectivity index (χ1v) is 10.4. The SMILES string of the molecule is CN=C(NCCc1coc(-c2ccc(F)cc2)n1)NC1CCN(c2c(F)cccc2F)C1.I. The van der Waals surface area contributed by atoms with E-state index in [2.05, 4.69) is 20.6 Å². The van der Waals surface area contributed by atoms with Crippen LogP contribution in [-0.2, 0) is 6.42 Å². The van der Waals surface area contributed by atoms with Crippen LogP contribution in [0.4, 0.5) is 18.9 Å². The molecule has 1 unspecified atom stereocenters. The zero-order chi connectivity index (χ0) is 22.5. The van der Waals surface area contributed by atoms with Gasteiger partial charge in [-0.05, 0) is 42.8 Å². The Labute approximate surface area is 207 Å². The molecule has 0 spiro atoms. The molecule has 1 aromatic heterocycles. The van der Waals surface area contributed by atoms with Crippen molar-refractivity contribution < 1.29 is 17.6 Å². The van der Waals surface area contributed by atoms with E-state index in [4.69, 9.17) is 4.42 Å². The molecule has 0 aliphatic carbocycles. The Morgan fingerprint density at radius 3 is 2.58 bits per heavy atom. The topological polar surface area (TPSA) is 65.7 Å². The summed E-state index contributed by atoms with van der Waals surface area (Å²) in [7, 11) is 1.67. The molecule has 2 N–H and O–H groups in total. The number of para-hydroxylation sites is 1. The summed E-state index contributed by atoms with van der Waals surface area (Å²) in [4.78, 5) is 10.4. The molecule has 0 radical (unpaired) electrons. The molecule has 2 heterocycles. The number of nitrogens with zero attached hydrogens (tertiary/aromatic N) is 3. The van der Waals surface area contributed by atoms with Crippen LogP contribution in [0, 0.1) is 17.5 Å². The smallest absolute Gasteiger partial charge is 0.226 e. The third-order valence-corrected chi connectivity index (χ3v) is 5.32. The molecule has 10 heteroatoms. The van der Waals surface area contributed by atoms with Gasteiger partial charge in [0.1, 0.15) is 29.4 Å². The molecule has 2 aromatic carbocycles. The van der Waals surface area contributed by atoms with Gasteiger partial charge in [-0.25, -0.2) is 18.2 Å². The number of oxazole rings is 1. The number of benzene rings is 2. The third kappa shape index (κ3) is 6.18. The largest absolute Gasteiger partial charge is 0.444 e. The molecule has 1 fully saturated rings. The van der Waals surface area contributed by atoms with E-state index in [-0.39, 0.29) is 41.5 Å². The molecular formula is C23H25F3IN5O. The molecule has 176 valence electrons. The Morgan fingerprint density at radius 1 is 1.15 bits per heavy atom. The summed E-state index contributed by atoms with van der Waals surface area (Å²) in [6, 6.07) is 9.87. The Balaban J connectivity index is 0.00000306. The molecule has 33 heavy (non-hydrogen) atoms. The lowest BCUT2D eigenvalue weighted by atomic mass is 10.2. The normalized spacial score (nSPS) is 15.9. The Morgan fingerprint density at radius 2 is 1.88 bits per heavy atom. The highest BCUT2D eigenvalue weighted by atomic mass is 127. The van der Waals surface area contributed by atoms with E-state index >= 15 is 0 Å². The van der Waals surface area contributed by atoms with Gasteiger partial charge < -0.3 is 20.0 Å². The van der Waals surface area contributed by atoms with Gasteiger partial charge >= 0.3 is 0 Å². The monoisotopic (exact) mass is 571 g/mol. The van der Waals surface area contributed by atoms with Crippen LogP contribution in [0.5, 0.6) is 0 Å². The van der Waals surface area contributed by atoms with E-state index in [1.54, 1.807) is 30.3 Å². The van der Waals surface area contributed by atoms with Gasteiger partial charge in [0, 0.05) is 44.7 Å². The zero-order valence-electron chi connectivity index (χ0n) is 18.0. The number of hydrogen-bond donors (Lipinski definition) is 2. The van der Waals surface area contributed by atoms with Gasteiger partial charge in [0.2, 0.25) is 5.89 Å². The lowest BCUT2D eigenvalue weighted by Gasteiger charge is -2.21. The average molecular weight is 571 g/mol. The van der Waals surface area contributed by atoms with Crippen LogP contribution >= 0.6 is 24.0 Å². The van der Waals surface area contributed by atoms with E-state index in [1.165, 1.54) is 30.3 Å². The second-order valence-corrected chi connectivity index (χ2v) is 7.55. The quantitative estimate of drug-likeness (QED) is 0.262. The van der Waals surface area contributed by atoms with Crippen molar-refractivity contribution in [1.29, 1.82) is 0 Å². The van der Waals surface area contributed by atoms with Crippen LogP contribution in [-0.4, -0.2) is 43.7 Å². The van der Waals surface area contributed by atoms with Crippen molar-refractivity contribution in [3.8, 4) is 11.5 Å². The molecule has 0 amide bonds. The van der Waals surface area contributed by atoms with Crippen molar-refractivity contribution >= 4 is 35.6 Å². The maximum absolute atomic E-state index is 14.0. The van der Waals surface area contributed by atoms with Crippen LogP contribution in [0.1, 0.15) is 12.1 Å². The van der Waals surface area contributed by atoms with E-state index in [0.717, 1.165) is 12.1 Å². The van der Waals surface area contributed by atoms with Crippen LogP contribution in [0.3, 0.4) is 0 Å². The van der Waals surface area contributed by atoms with E-state index < -0.39 is 11.6 Å². The first kappa shape index (κ1) is 24.9. The van der Waals surface area contributed by atoms with E-state index in [0.29, 0.717) is 43.5 Å². The number of aromatic nitrogens is 1. The zero-order valence-corrected chi connectivity index (χ0v) is 20.4. The number of guanidine groups is 1. The summed E-state index contributed by atoms with van der Waals surface area (Å²) in [6.07, 6.45) is 2.91. The molecule has 3 aromatic rings. The van der Waals surface area contributed by atoms with Crippen LogP contribution in [0.2, 0.25) is 0 Å². The maximum Gasteiger partial charge on any atom is 0.226 e. The molecule has 1 aliphatic rings. The second kappa shape index (κ2) is 11.4. The lowest BCUT2D eigenvalue weighted by molar-refractivity contribution is 0.571. The summed E-state index contributed by atoms with van der Waals surface area (Å²) >= 11 is 0. The fourth-order valence-electron chi connectivity index (χ4n) is 3.72. The van der Waals surface area contributed by atoms with Gasteiger partial charge in [-0.1, -0.05) is 6.07 Å². The maximum atomic E-state index is 14.0. The minimum Gasteiger partial charge on any atom is -0.444 e. The summed E-state index contributed by atoms with van der Waals surface area (Å²) in [6.45, 7) is 1.59. The van der Waals surface area contributed by atoms with Crippen LogP contribution in [0.15, 0.2) is 58.1 Å². The molecular weight excluding hydrogens is 546 g/mol. The van der Waals surface area contributed by atoms with Gasteiger partial charge in [0.15, 0.2) is 5.96 Å². The van der Waals surface area contributed by atoms with Crippen molar-refractivity contribution in [1.82, 2.24) is 15.6 Å². The number of hydrogen-bond acceptors (Lipinski definition) is 4. The first-order valence-electron chi connectivity index (χ1n) is 10.4. The summed E-state index contributed by atoms with van der Waals surface area (Å²) in [5.41, 5.74) is 1.48. The predicted octanol–water partition coefficient (Wildman–Crippen LogP) is 4.36. The molecule has 1 saturated heterocycles. The molecule has 6 nitrogen and oxygen atoms in total. The van der Waals surface area contributed by atoms with Crippen molar-refractivity contribution in [2.45, 2.75) is 18.9 Å². The van der Waals surface area contributed by atoms with Gasteiger partial charge in [-0.15, -0.1) is 24.0 Å². The first-order chi connectivity index (χ1) is 15.5. The van der Waals surface area contributed by atoms with Gasteiger partial charge in [-0.3, -0.25) is 4.99 Å². The number of anilines is 1. The number of halogens is 4. The highest BCUT2D eigenvalue weighted by molar-refractivity contribution is 14.0. The molecule has 1 aliphatic heterocycles. The van der Waals surface area contributed by atoms with Crippen molar-refractivity contribution in [2.24, 2.45) is 4.99 Å². The summed E-state index contributed by atoms with van der Waals surface area (Å²) in [5.74, 6) is -0.378. The highest BCUT2D eigenvalue weighted by Gasteiger charge is 2.27. The van der Waals surface area contributed by atoms with E-state index in [1.807, 2.05) is 0 Å². The number of rotatable bonds is 6. The van der Waals surface area contributed by atoms with E-state index in [9.17, 15) is 13.2 Å². The molecule has 0 bridgehead atoms. The summed E-state index contributed by atoms with van der Waals surface area (Å²) < 4.78 is 46.6. The van der Waals surface area contributed by atoms with Crippen LogP contribution in [0.25, 0.3) is 11.5 Å². The highest BCUT2D eigenvalue weighted by Crippen LogP contribution is 2.26. The minimum atomic E-state index is -0.555. The molecule has 0 saturated carbocycles. The lowest BCUT2D eigenvalue weighted by Crippen LogP contribution is -2.45. The second-order valence-electron chi connectivity index (χ2n) is 7.55. The van der Waals surface area contributed by atoms with Gasteiger partial charge in [0.25, 0.3) is 0 Å². The molecule has 4 rings (SSSR count). The predicted molar refractivity (Wildman–Crippen MR) is 132 cm³/mol. The average Bonchev–Trinajstić information content (AvgIpc) is 3.43. The number of aliphatic imine (C=N–C) groups is 1. The van der Waals surface area contributed by atoms with Crippen molar-refractivity contribution in [3.05, 3.63) is 71.9 Å². The third-order valence-electron chi connectivity index (χ3n) is 5.32. The standard InChI is InChI=1S/C23H24F3N5O.HI/c1-27-23(30-17-10-12-31(13-17)21-19(25)3-2-4-20(21)26)28-11-9-18-14-32-22(29-18)15-5-7-16(24)8-6-15;/h2-8,14,17H,9-13H2,1H3,(H2,27,28,30);1H. The van der Waals surface area contributed by atoms with Gasteiger partial charge in [0.05, 0.1) is 5.69 Å². The van der Waals surface area contributed by atoms with Crippen LogP contribution < -0.4 is 15.5 Å². The summed E-state index contributed by atoms with van der Waals surface area (Å²) in [5, 5.41) is 6.52. The van der Waals surface area contributed by atoms with Crippen molar-refractivity contribution in [3.63, 3.8) is 0 Å².